The van der Waals surface area contributed by atoms with Crippen LogP contribution in [0.2, 0.25) is 0 Å². The van der Waals surface area contributed by atoms with Crippen LogP contribution in [0.15, 0.2) is 47.4 Å². The van der Waals surface area contributed by atoms with Crippen molar-refractivity contribution >= 4 is 26.5 Å². The molecular formula is C31H28F7N5O4S. The summed E-state index contributed by atoms with van der Waals surface area (Å²) in [4.78, 5) is 10.9. The molecule has 4 aromatic rings. The SMILES string of the molecule is CN1CCC[C@@H]1COc1nc(CNS(=O)(=O)c2c(F)c(F)c(F)c(F)c2OC(F)(F)F)c2c(n1)CN(c1cccc3ccccc13)CC2. The van der Waals surface area contributed by atoms with Crippen LogP contribution >= 0.6 is 0 Å². The predicted octanol–water partition coefficient (Wildman–Crippen LogP) is 5.60. The molecule has 0 saturated carbocycles. The predicted molar refractivity (Wildman–Crippen MR) is 159 cm³/mol. The number of likely N-dealkylation sites (N-methyl/N-ethyl adjacent to an activating group) is 1. The van der Waals surface area contributed by atoms with Crippen LogP contribution in [0.4, 0.5) is 36.4 Å². The average molecular weight is 700 g/mol. The van der Waals surface area contributed by atoms with E-state index in [9.17, 15) is 39.2 Å². The molecule has 6 rings (SSSR count). The number of alkyl halides is 3. The summed E-state index contributed by atoms with van der Waals surface area (Å²) in [6, 6.07) is 13.6. The van der Waals surface area contributed by atoms with Crippen molar-refractivity contribution in [3.05, 3.63) is 82.7 Å². The van der Waals surface area contributed by atoms with E-state index in [1.807, 2.05) is 54.2 Å². The smallest absolute Gasteiger partial charge is 0.462 e. The number of benzene rings is 3. The van der Waals surface area contributed by atoms with Crippen molar-refractivity contribution in [3.63, 3.8) is 0 Å². The third-order valence-electron chi connectivity index (χ3n) is 8.41. The number of halogens is 7. The average Bonchev–Trinajstić information content (AvgIpc) is 3.47. The summed E-state index contributed by atoms with van der Waals surface area (Å²) in [5.41, 5.74) is 1.92. The van der Waals surface area contributed by atoms with Crippen molar-refractivity contribution in [2.45, 2.75) is 49.7 Å². The number of sulfonamides is 1. The van der Waals surface area contributed by atoms with E-state index in [-0.39, 0.29) is 37.3 Å². The maximum absolute atomic E-state index is 14.7. The van der Waals surface area contributed by atoms with Crippen molar-refractivity contribution < 1.29 is 48.6 Å². The number of aromatic nitrogens is 2. The normalized spacial score (nSPS) is 17.2. The first-order valence-corrected chi connectivity index (χ1v) is 16.3. The highest BCUT2D eigenvalue weighted by Crippen LogP contribution is 2.38. The van der Waals surface area contributed by atoms with Crippen LogP contribution in [0.3, 0.4) is 0 Å². The highest BCUT2D eigenvalue weighted by Gasteiger charge is 2.41. The summed E-state index contributed by atoms with van der Waals surface area (Å²) >= 11 is 0. The van der Waals surface area contributed by atoms with Crippen molar-refractivity contribution in [3.8, 4) is 11.8 Å². The molecule has 3 heterocycles. The third-order valence-corrected chi connectivity index (χ3v) is 9.84. The summed E-state index contributed by atoms with van der Waals surface area (Å²) in [5.74, 6) is -13.0. The number of hydrogen-bond acceptors (Lipinski definition) is 8. The van der Waals surface area contributed by atoms with E-state index in [1.54, 1.807) is 0 Å². The lowest BCUT2D eigenvalue weighted by molar-refractivity contribution is -0.276. The molecule has 3 aromatic carbocycles. The summed E-state index contributed by atoms with van der Waals surface area (Å²) < 4.78 is 133. The molecule has 256 valence electrons. The second kappa shape index (κ2) is 13.0. The van der Waals surface area contributed by atoms with E-state index in [2.05, 4.69) is 24.5 Å². The van der Waals surface area contributed by atoms with E-state index in [0.717, 1.165) is 35.8 Å². The molecular weight excluding hydrogens is 671 g/mol. The number of likely N-dealkylation sites (tertiary alicyclic amines) is 1. The van der Waals surface area contributed by atoms with Crippen LogP contribution in [-0.4, -0.2) is 62.4 Å². The zero-order chi connectivity index (χ0) is 34.4. The van der Waals surface area contributed by atoms with Crippen LogP contribution in [0.1, 0.15) is 29.8 Å². The Bertz CT molecular complexity index is 1970. The van der Waals surface area contributed by atoms with E-state index >= 15 is 0 Å². The van der Waals surface area contributed by atoms with Gasteiger partial charge in [-0.1, -0.05) is 36.4 Å². The van der Waals surface area contributed by atoms with Crippen LogP contribution in [0.25, 0.3) is 10.8 Å². The maximum atomic E-state index is 14.7. The van der Waals surface area contributed by atoms with Gasteiger partial charge >= 0.3 is 12.4 Å². The van der Waals surface area contributed by atoms with Gasteiger partial charge in [-0.15, -0.1) is 13.2 Å². The van der Waals surface area contributed by atoms with Crippen molar-refractivity contribution in [1.29, 1.82) is 0 Å². The number of nitrogens with one attached hydrogen (secondary N) is 1. The van der Waals surface area contributed by atoms with Gasteiger partial charge in [0.2, 0.25) is 21.7 Å². The van der Waals surface area contributed by atoms with E-state index in [1.165, 1.54) is 0 Å². The zero-order valence-electron chi connectivity index (χ0n) is 25.3. The molecule has 17 heteroatoms. The zero-order valence-corrected chi connectivity index (χ0v) is 26.1. The summed E-state index contributed by atoms with van der Waals surface area (Å²) in [6.07, 6.45) is -3.66. The van der Waals surface area contributed by atoms with Gasteiger partial charge < -0.3 is 19.3 Å². The molecule has 1 fully saturated rings. The number of fused-ring (bicyclic) bond motifs is 2. The molecule has 0 bridgehead atoms. The number of hydrogen-bond donors (Lipinski definition) is 1. The highest BCUT2D eigenvalue weighted by atomic mass is 32.2. The molecule has 1 saturated heterocycles. The lowest BCUT2D eigenvalue weighted by atomic mass is 10.0. The van der Waals surface area contributed by atoms with Crippen molar-refractivity contribution in [2.75, 3.05) is 31.6 Å². The van der Waals surface area contributed by atoms with Gasteiger partial charge in [0.1, 0.15) is 6.61 Å². The minimum atomic E-state index is -5.77. The summed E-state index contributed by atoms with van der Waals surface area (Å²) in [7, 11) is -3.58. The van der Waals surface area contributed by atoms with Crippen LogP contribution in [0.5, 0.6) is 11.8 Å². The standard InChI is InChI=1S/C31H28F7N5O4S/c1-42-12-5-8-18(42)16-46-30-40-21(14-39-48(44,45)29-27(35)25(33)24(32)26(34)28(29)47-31(36,37)38)20-11-13-43(15-22(20)41-30)23-10-4-7-17-6-2-3-9-19(17)23/h2-4,6-7,9-10,18,39H,5,8,11-16H2,1H3/t18-/m1/s1. The summed E-state index contributed by atoms with van der Waals surface area (Å²) in [6.45, 7) is 0.993. The molecule has 1 aromatic heterocycles. The Morgan fingerprint density at radius 1 is 0.958 bits per heavy atom. The molecule has 0 unspecified atom stereocenters. The monoisotopic (exact) mass is 699 g/mol. The van der Waals surface area contributed by atoms with Gasteiger partial charge in [0, 0.05) is 29.2 Å². The largest absolute Gasteiger partial charge is 0.573 e. The third kappa shape index (κ3) is 6.71. The minimum absolute atomic E-state index is 0.0395. The van der Waals surface area contributed by atoms with Gasteiger partial charge in [-0.2, -0.15) is 14.4 Å². The number of rotatable bonds is 9. The summed E-state index contributed by atoms with van der Waals surface area (Å²) in [5, 5.41) is 2.00. The Hall–Kier alpha value is -4.22. The Morgan fingerprint density at radius 3 is 2.42 bits per heavy atom. The van der Waals surface area contributed by atoms with Gasteiger partial charge in [0.25, 0.3) is 0 Å². The Morgan fingerprint density at radius 2 is 1.69 bits per heavy atom. The number of ether oxygens (including phenoxy) is 2. The molecule has 9 nitrogen and oxygen atoms in total. The number of nitrogens with zero attached hydrogens (tertiary/aromatic N) is 4. The molecule has 48 heavy (non-hydrogen) atoms. The number of anilines is 1. The first-order valence-electron chi connectivity index (χ1n) is 14.8. The molecule has 1 N–H and O–H groups in total. The Kier molecular flexibility index (Phi) is 9.12. The van der Waals surface area contributed by atoms with Gasteiger partial charge in [-0.25, -0.2) is 26.3 Å². The molecule has 0 amide bonds. The second-order valence-electron chi connectivity index (χ2n) is 11.4. The topological polar surface area (TPSA) is 96.9 Å². The van der Waals surface area contributed by atoms with Gasteiger partial charge in [-0.05, 0) is 44.3 Å². The molecule has 2 aliphatic rings. The fourth-order valence-electron chi connectivity index (χ4n) is 6.02. The fraction of sp³-hybridized carbons (Fsp3) is 0.355. The second-order valence-corrected chi connectivity index (χ2v) is 13.1. The first-order chi connectivity index (χ1) is 22.7. The molecule has 2 aliphatic heterocycles. The molecule has 0 spiro atoms. The van der Waals surface area contributed by atoms with Crippen LogP contribution < -0.4 is 19.1 Å². The Labute approximate surface area is 270 Å². The highest BCUT2D eigenvalue weighted by molar-refractivity contribution is 7.89. The first kappa shape index (κ1) is 33.7. The van der Waals surface area contributed by atoms with Crippen LogP contribution in [-0.2, 0) is 29.5 Å². The van der Waals surface area contributed by atoms with Crippen molar-refractivity contribution in [2.24, 2.45) is 0 Å². The lowest BCUT2D eigenvalue weighted by Crippen LogP contribution is -2.34. The quantitative estimate of drug-likeness (QED) is 0.137. The Balaban J connectivity index is 1.35. The van der Waals surface area contributed by atoms with Crippen LogP contribution in [0, 0.1) is 23.3 Å². The molecule has 0 aliphatic carbocycles. The van der Waals surface area contributed by atoms with Gasteiger partial charge in [-0.3, -0.25) is 0 Å². The maximum Gasteiger partial charge on any atom is 0.573 e. The minimum Gasteiger partial charge on any atom is -0.462 e. The molecule has 1 atom stereocenters. The van der Waals surface area contributed by atoms with E-state index < -0.39 is 56.8 Å². The van der Waals surface area contributed by atoms with E-state index in [4.69, 9.17) is 4.74 Å². The van der Waals surface area contributed by atoms with E-state index in [0.29, 0.717) is 17.8 Å². The fourth-order valence-corrected chi connectivity index (χ4v) is 7.19. The molecule has 0 radical (unpaired) electrons. The van der Waals surface area contributed by atoms with Gasteiger partial charge in [0.05, 0.1) is 24.5 Å². The lowest BCUT2D eigenvalue weighted by Gasteiger charge is -2.32. The van der Waals surface area contributed by atoms with Crippen molar-refractivity contribution in [1.82, 2.24) is 19.6 Å². The van der Waals surface area contributed by atoms with Gasteiger partial charge in [0.15, 0.2) is 22.3 Å².